The number of benzene rings is 1. The number of anilines is 1. The summed E-state index contributed by atoms with van der Waals surface area (Å²) in [4.78, 5) is 2.53. The van der Waals surface area contributed by atoms with E-state index in [1.165, 1.54) is 43.7 Å². The third kappa shape index (κ3) is 3.26. The third-order valence-electron chi connectivity index (χ3n) is 4.13. The number of nitrogens with zero attached hydrogens (tertiary/aromatic N) is 1. The molecule has 1 saturated heterocycles. The Bertz CT molecular complexity index is 380. The molecule has 18 heavy (non-hydrogen) atoms. The summed E-state index contributed by atoms with van der Waals surface area (Å²) >= 11 is 0. The van der Waals surface area contributed by atoms with E-state index in [1.54, 1.807) is 0 Å². The summed E-state index contributed by atoms with van der Waals surface area (Å²) in [7, 11) is 0. The molecule has 1 aromatic rings. The molecule has 1 N–H and O–H groups in total. The van der Waals surface area contributed by atoms with Gasteiger partial charge in [-0.1, -0.05) is 19.1 Å². The highest BCUT2D eigenvalue weighted by Gasteiger charge is 2.28. The van der Waals surface area contributed by atoms with Crippen LogP contribution in [0.15, 0.2) is 24.3 Å². The van der Waals surface area contributed by atoms with E-state index in [4.69, 9.17) is 0 Å². The Labute approximate surface area is 111 Å². The SMILES string of the molecule is CCN(CC1(C)CCNCC1)c1cccc(C)c1. The van der Waals surface area contributed by atoms with Crippen LogP contribution in [0.4, 0.5) is 5.69 Å². The summed E-state index contributed by atoms with van der Waals surface area (Å²) in [5.74, 6) is 0. The van der Waals surface area contributed by atoms with Crippen molar-refractivity contribution in [3.63, 3.8) is 0 Å². The Morgan fingerprint density at radius 2 is 2.00 bits per heavy atom. The molecule has 1 aliphatic rings. The molecule has 0 spiro atoms. The van der Waals surface area contributed by atoms with Gasteiger partial charge in [0, 0.05) is 18.8 Å². The lowest BCUT2D eigenvalue weighted by Gasteiger charge is -2.39. The molecule has 100 valence electrons. The molecule has 1 heterocycles. The van der Waals surface area contributed by atoms with E-state index < -0.39 is 0 Å². The summed E-state index contributed by atoms with van der Waals surface area (Å²) in [5.41, 5.74) is 3.18. The molecule has 0 atom stereocenters. The van der Waals surface area contributed by atoms with Crippen LogP contribution >= 0.6 is 0 Å². The van der Waals surface area contributed by atoms with E-state index >= 15 is 0 Å². The van der Waals surface area contributed by atoms with Gasteiger partial charge in [0.2, 0.25) is 0 Å². The molecule has 1 aromatic carbocycles. The summed E-state index contributed by atoms with van der Waals surface area (Å²) in [5, 5.41) is 3.46. The van der Waals surface area contributed by atoms with E-state index in [-0.39, 0.29) is 0 Å². The summed E-state index contributed by atoms with van der Waals surface area (Å²) in [6, 6.07) is 8.87. The van der Waals surface area contributed by atoms with Crippen molar-refractivity contribution in [1.29, 1.82) is 0 Å². The number of piperidine rings is 1. The number of aryl methyl sites for hydroxylation is 1. The first-order chi connectivity index (χ1) is 8.63. The van der Waals surface area contributed by atoms with Gasteiger partial charge >= 0.3 is 0 Å². The Morgan fingerprint density at radius 3 is 2.61 bits per heavy atom. The normalized spacial score (nSPS) is 18.6. The molecule has 1 fully saturated rings. The maximum absolute atomic E-state index is 3.46. The lowest BCUT2D eigenvalue weighted by atomic mass is 9.80. The van der Waals surface area contributed by atoms with E-state index in [0.717, 1.165) is 6.54 Å². The van der Waals surface area contributed by atoms with Crippen LogP contribution in [0.2, 0.25) is 0 Å². The average Bonchev–Trinajstić information content (AvgIpc) is 2.37. The number of hydrogen-bond acceptors (Lipinski definition) is 2. The summed E-state index contributed by atoms with van der Waals surface area (Å²) in [6.45, 7) is 11.5. The molecule has 0 saturated carbocycles. The predicted molar refractivity (Wildman–Crippen MR) is 79.3 cm³/mol. The lowest BCUT2D eigenvalue weighted by Crippen LogP contribution is -2.43. The number of nitrogens with one attached hydrogen (secondary N) is 1. The number of rotatable bonds is 4. The van der Waals surface area contributed by atoms with Gasteiger partial charge in [0.25, 0.3) is 0 Å². The molecule has 0 unspecified atom stereocenters. The maximum atomic E-state index is 3.46. The lowest BCUT2D eigenvalue weighted by molar-refractivity contribution is 0.234. The topological polar surface area (TPSA) is 15.3 Å². The smallest absolute Gasteiger partial charge is 0.0368 e. The molecular weight excluding hydrogens is 220 g/mol. The van der Waals surface area contributed by atoms with Gasteiger partial charge in [-0.3, -0.25) is 0 Å². The Hall–Kier alpha value is -1.02. The van der Waals surface area contributed by atoms with Gasteiger partial charge in [0.15, 0.2) is 0 Å². The van der Waals surface area contributed by atoms with Crippen molar-refractivity contribution in [1.82, 2.24) is 5.32 Å². The molecule has 2 nitrogen and oxygen atoms in total. The molecule has 0 aromatic heterocycles. The van der Waals surface area contributed by atoms with Crippen LogP contribution in [0.25, 0.3) is 0 Å². The summed E-state index contributed by atoms with van der Waals surface area (Å²) in [6.07, 6.45) is 2.57. The van der Waals surface area contributed by atoms with Crippen LogP contribution < -0.4 is 10.2 Å². The third-order valence-corrected chi connectivity index (χ3v) is 4.13. The van der Waals surface area contributed by atoms with Crippen molar-refractivity contribution in [3.05, 3.63) is 29.8 Å². The first-order valence-corrected chi connectivity index (χ1v) is 7.15. The number of hydrogen-bond donors (Lipinski definition) is 1. The van der Waals surface area contributed by atoms with Crippen LogP contribution in [0.1, 0.15) is 32.3 Å². The van der Waals surface area contributed by atoms with Crippen LogP contribution in [0.5, 0.6) is 0 Å². The standard InChI is InChI=1S/C16H26N2/c1-4-18(15-7-5-6-14(2)12-15)13-16(3)8-10-17-11-9-16/h5-7,12,17H,4,8-11,13H2,1-3H3. The molecule has 0 radical (unpaired) electrons. The fourth-order valence-corrected chi connectivity index (χ4v) is 2.86. The minimum atomic E-state index is 0.463. The van der Waals surface area contributed by atoms with E-state index in [0.29, 0.717) is 5.41 Å². The van der Waals surface area contributed by atoms with Crippen molar-refractivity contribution in [2.24, 2.45) is 5.41 Å². The molecular formula is C16H26N2. The second kappa shape index (κ2) is 5.75. The Balaban J connectivity index is 2.09. The van der Waals surface area contributed by atoms with Crippen LogP contribution in [-0.2, 0) is 0 Å². The fourth-order valence-electron chi connectivity index (χ4n) is 2.86. The molecule has 1 aliphatic heterocycles. The minimum Gasteiger partial charge on any atom is -0.371 e. The zero-order chi connectivity index (χ0) is 13.0. The van der Waals surface area contributed by atoms with E-state index in [1.807, 2.05) is 0 Å². The van der Waals surface area contributed by atoms with Crippen molar-refractivity contribution >= 4 is 5.69 Å². The van der Waals surface area contributed by atoms with E-state index in [2.05, 4.69) is 55.3 Å². The van der Waals surface area contributed by atoms with Gasteiger partial charge in [-0.25, -0.2) is 0 Å². The molecule has 2 rings (SSSR count). The van der Waals surface area contributed by atoms with Crippen molar-refractivity contribution in [2.45, 2.75) is 33.6 Å². The zero-order valence-corrected chi connectivity index (χ0v) is 12.0. The first-order valence-electron chi connectivity index (χ1n) is 7.15. The highest BCUT2D eigenvalue weighted by Crippen LogP contribution is 2.31. The molecule has 0 amide bonds. The minimum absolute atomic E-state index is 0.463. The molecule has 0 aliphatic carbocycles. The van der Waals surface area contributed by atoms with Gasteiger partial charge in [0.05, 0.1) is 0 Å². The largest absolute Gasteiger partial charge is 0.371 e. The monoisotopic (exact) mass is 246 g/mol. The maximum Gasteiger partial charge on any atom is 0.0368 e. The molecule has 2 heteroatoms. The van der Waals surface area contributed by atoms with Crippen molar-refractivity contribution in [3.8, 4) is 0 Å². The molecule has 0 bridgehead atoms. The quantitative estimate of drug-likeness (QED) is 0.877. The second-order valence-electron chi connectivity index (χ2n) is 5.91. The van der Waals surface area contributed by atoms with Gasteiger partial charge in [0.1, 0.15) is 0 Å². The summed E-state index contributed by atoms with van der Waals surface area (Å²) < 4.78 is 0. The van der Waals surface area contributed by atoms with Gasteiger partial charge in [-0.05, 0) is 62.9 Å². The van der Waals surface area contributed by atoms with Crippen LogP contribution in [0.3, 0.4) is 0 Å². The van der Waals surface area contributed by atoms with Crippen molar-refractivity contribution in [2.75, 3.05) is 31.1 Å². The second-order valence-corrected chi connectivity index (χ2v) is 5.91. The van der Waals surface area contributed by atoms with Crippen LogP contribution in [-0.4, -0.2) is 26.2 Å². The van der Waals surface area contributed by atoms with Crippen LogP contribution in [0, 0.1) is 12.3 Å². The Kier molecular flexibility index (Phi) is 4.28. The first kappa shape index (κ1) is 13.4. The van der Waals surface area contributed by atoms with Gasteiger partial charge in [-0.15, -0.1) is 0 Å². The van der Waals surface area contributed by atoms with Gasteiger partial charge < -0.3 is 10.2 Å². The average molecular weight is 246 g/mol. The predicted octanol–water partition coefficient (Wildman–Crippen LogP) is 3.21. The highest BCUT2D eigenvalue weighted by molar-refractivity contribution is 5.48. The highest BCUT2D eigenvalue weighted by atomic mass is 15.1. The fraction of sp³-hybridized carbons (Fsp3) is 0.625. The van der Waals surface area contributed by atoms with Gasteiger partial charge in [-0.2, -0.15) is 0 Å². The zero-order valence-electron chi connectivity index (χ0n) is 12.0. The van der Waals surface area contributed by atoms with Crippen molar-refractivity contribution < 1.29 is 0 Å². The Morgan fingerprint density at radius 1 is 1.28 bits per heavy atom. The van der Waals surface area contributed by atoms with E-state index in [9.17, 15) is 0 Å².